The molecule has 0 aliphatic carbocycles. The Hall–Kier alpha value is -1.32. The van der Waals surface area contributed by atoms with E-state index in [4.69, 9.17) is 11.6 Å². The van der Waals surface area contributed by atoms with Gasteiger partial charge in [0.15, 0.2) is 0 Å². The Bertz CT molecular complexity index is 417. The summed E-state index contributed by atoms with van der Waals surface area (Å²) in [6.45, 7) is 1.59. The minimum Gasteiger partial charge on any atom is -0.284 e. The number of carbonyl (C=O) groups excluding carboxylic acids is 1. The van der Waals surface area contributed by atoms with Gasteiger partial charge in [-0.15, -0.1) is 0 Å². The summed E-state index contributed by atoms with van der Waals surface area (Å²) in [6.07, 6.45) is 5.11. The van der Waals surface area contributed by atoms with E-state index in [1.165, 1.54) is 0 Å². The molecular weight excluding hydrogens is 224 g/mol. The van der Waals surface area contributed by atoms with Crippen molar-refractivity contribution in [3.8, 4) is 0 Å². The van der Waals surface area contributed by atoms with E-state index in [9.17, 15) is 4.79 Å². The molecule has 0 bridgehead atoms. The number of hydrogen-bond donors (Lipinski definition) is 1. The van der Waals surface area contributed by atoms with Gasteiger partial charge in [0.05, 0.1) is 10.6 Å². The molecule has 16 heavy (non-hydrogen) atoms. The summed E-state index contributed by atoms with van der Waals surface area (Å²) >= 11 is 5.94. The van der Waals surface area contributed by atoms with E-state index < -0.39 is 0 Å². The highest BCUT2D eigenvalue weighted by molar-refractivity contribution is 6.33. The summed E-state index contributed by atoms with van der Waals surface area (Å²) in [4.78, 5) is 11.9. The van der Waals surface area contributed by atoms with Crippen LogP contribution in [0.1, 0.15) is 16.8 Å². The van der Waals surface area contributed by atoms with Crippen molar-refractivity contribution in [2.45, 2.75) is 6.42 Å². The Kier molecular flexibility index (Phi) is 3.59. The van der Waals surface area contributed by atoms with Crippen LogP contribution >= 0.6 is 11.6 Å². The van der Waals surface area contributed by atoms with Gasteiger partial charge in [0.25, 0.3) is 5.91 Å². The monoisotopic (exact) mass is 236 g/mol. The first-order chi connectivity index (χ1) is 7.77. The number of amides is 1. The van der Waals surface area contributed by atoms with Crippen LogP contribution < -0.4 is 5.43 Å². The van der Waals surface area contributed by atoms with Crippen molar-refractivity contribution in [1.82, 2.24) is 10.4 Å². The summed E-state index contributed by atoms with van der Waals surface area (Å²) in [7, 11) is 0. The first kappa shape index (κ1) is 11.2. The zero-order valence-electron chi connectivity index (χ0n) is 8.82. The fourth-order valence-electron chi connectivity index (χ4n) is 1.59. The third kappa shape index (κ3) is 2.62. The number of benzene rings is 1. The van der Waals surface area contributed by atoms with E-state index in [1.54, 1.807) is 18.2 Å². The van der Waals surface area contributed by atoms with E-state index in [0.29, 0.717) is 10.6 Å². The Labute approximate surface area is 99.7 Å². The average Bonchev–Trinajstić information content (AvgIpc) is 2.31. The third-order valence-electron chi connectivity index (χ3n) is 2.44. The molecule has 4 heteroatoms. The van der Waals surface area contributed by atoms with Crippen LogP contribution in [0, 0.1) is 0 Å². The molecule has 0 saturated heterocycles. The molecule has 1 aromatic carbocycles. The lowest BCUT2D eigenvalue weighted by molar-refractivity contribution is 0.0804. The van der Waals surface area contributed by atoms with E-state index in [-0.39, 0.29) is 5.91 Å². The molecule has 2 rings (SSSR count). The van der Waals surface area contributed by atoms with Crippen molar-refractivity contribution in [3.05, 3.63) is 47.0 Å². The maximum Gasteiger partial charge on any atom is 0.267 e. The first-order valence-electron chi connectivity index (χ1n) is 5.23. The second kappa shape index (κ2) is 5.14. The Morgan fingerprint density at radius 2 is 2.12 bits per heavy atom. The van der Waals surface area contributed by atoms with Crippen molar-refractivity contribution in [2.75, 3.05) is 13.1 Å². The van der Waals surface area contributed by atoms with Gasteiger partial charge in [0.1, 0.15) is 0 Å². The number of halogens is 1. The number of hydrazine groups is 1. The standard InChI is InChI=1S/C12H13ClN2O/c13-11-7-3-2-6-10(11)12(16)14-15-8-4-1-5-9-15/h1-4,6-7H,5,8-9H2,(H,14,16). The molecule has 0 fully saturated rings. The number of carbonyl (C=O) groups is 1. The number of rotatable bonds is 2. The summed E-state index contributed by atoms with van der Waals surface area (Å²) in [5.74, 6) is -0.152. The molecule has 1 N–H and O–H groups in total. The van der Waals surface area contributed by atoms with E-state index in [2.05, 4.69) is 11.5 Å². The first-order valence-corrected chi connectivity index (χ1v) is 5.60. The molecule has 0 aromatic heterocycles. The van der Waals surface area contributed by atoms with Gasteiger partial charge in [-0.05, 0) is 18.6 Å². The third-order valence-corrected chi connectivity index (χ3v) is 2.77. The second-order valence-corrected chi connectivity index (χ2v) is 4.03. The smallest absolute Gasteiger partial charge is 0.267 e. The van der Waals surface area contributed by atoms with E-state index >= 15 is 0 Å². The molecule has 3 nitrogen and oxygen atoms in total. The molecule has 1 aromatic rings. The van der Waals surface area contributed by atoms with Crippen LogP contribution in [0.2, 0.25) is 5.02 Å². The van der Waals surface area contributed by atoms with Gasteiger partial charge in [0.2, 0.25) is 0 Å². The number of nitrogens with zero attached hydrogens (tertiary/aromatic N) is 1. The molecule has 0 spiro atoms. The lowest BCUT2D eigenvalue weighted by Crippen LogP contribution is -2.43. The average molecular weight is 237 g/mol. The van der Waals surface area contributed by atoms with Crippen LogP contribution in [0.25, 0.3) is 0 Å². The van der Waals surface area contributed by atoms with Gasteiger partial charge in [0, 0.05) is 13.1 Å². The highest BCUT2D eigenvalue weighted by atomic mass is 35.5. The van der Waals surface area contributed by atoms with Gasteiger partial charge in [-0.25, -0.2) is 5.01 Å². The molecule has 1 amide bonds. The van der Waals surface area contributed by atoms with Crippen LogP contribution in [0.3, 0.4) is 0 Å². The fourth-order valence-corrected chi connectivity index (χ4v) is 1.81. The molecule has 1 heterocycles. The van der Waals surface area contributed by atoms with Gasteiger partial charge >= 0.3 is 0 Å². The van der Waals surface area contributed by atoms with Gasteiger partial charge in [-0.1, -0.05) is 35.9 Å². The summed E-state index contributed by atoms with van der Waals surface area (Å²) < 4.78 is 0. The molecule has 0 saturated carbocycles. The maximum atomic E-state index is 11.9. The predicted octanol–water partition coefficient (Wildman–Crippen LogP) is 2.25. The van der Waals surface area contributed by atoms with Crippen LogP contribution in [-0.4, -0.2) is 24.0 Å². The highest BCUT2D eigenvalue weighted by Gasteiger charge is 2.13. The molecule has 1 aliphatic rings. The lowest BCUT2D eigenvalue weighted by Gasteiger charge is -2.23. The van der Waals surface area contributed by atoms with Crippen molar-refractivity contribution < 1.29 is 4.79 Å². The van der Waals surface area contributed by atoms with E-state index in [0.717, 1.165) is 19.5 Å². The summed E-state index contributed by atoms with van der Waals surface area (Å²) in [5, 5.41) is 2.36. The molecule has 84 valence electrons. The van der Waals surface area contributed by atoms with Crippen molar-refractivity contribution in [2.24, 2.45) is 0 Å². The second-order valence-electron chi connectivity index (χ2n) is 3.63. The summed E-state index contributed by atoms with van der Waals surface area (Å²) in [5.41, 5.74) is 3.35. The van der Waals surface area contributed by atoms with Crippen molar-refractivity contribution in [3.63, 3.8) is 0 Å². The highest BCUT2D eigenvalue weighted by Crippen LogP contribution is 2.14. The van der Waals surface area contributed by atoms with Crippen LogP contribution in [0.4, 0.5) is 0 Å². The van der Waals surface area contributed by atoms with Gasteiger partial charge in [-0.3, -0.25) is 10.2 Å². The van der Waals surface area contributed by atoms with Crippen molar-refractivity contribution in [1.29, 1.82) is 0 Å². The maximum absolute atomic E-state index is 11.9. The zero-order valence-corrected chi connectivity index (χ0v) is 9.57. The lowest BCUT2D eigenvalue weighted by atomic mass is 10.2. The Balaban J connectivity index is 2.03. The fraction of sp³-hybridized carbons (Fsp3) is 0.250. The summed E-state index contributed by atoms with van der Waals surface area (Å²) in [6, 6.07) is 7.05. The topological polar surface area (TPSA) is 32.3 Å². The predicted molar refractivity (Wildman–Crippen MR) is 64.2 cm³/mol. The van der Waals surface area contributed by atoms with Gasteiger partial charge in [-0.2, -0.15) is 0 Å². The Morgan fingerprint density at radius 1 is 1.31 bits per heavy atom. The Morgan fingerprint density at radius 3 is 2.81 bits per heavy atom. The molecule has 0 unspecified atom stereocenters. The van der Waals surface area contributed by atoms with Crippen LogP contribution in [0.5, 0.6) is 0 Å². The quantitative estimate of drug-likeness (QED) is 0.799. The largest absolute Gasteiger partial charge is 0.284 e. The van der Waals surface area contributed by atoms with E-state index in [1.807, 2.05) is 17.2 Å². The zero-order chi connectivity index (χ0) is 11.4. The number of nitrogens with one attached hydrogen (secondary N) is 1. The van der Waals surface area contributed by atoms with Gasteiger partial charge < -0.3 is 0 Å². The van der Waals surface area contributed by atoms with Crippen molar-refractivity contribution >= 4 is 17.5 Å². The minimum atomic E-state index is -0.152. The SMILES string of the molecule is O=C(NN1CC=CCC1)c1ccccc1Cl. The molecule has 0 radical (unpaired) electrons. The normalized spacial score (nSPS) is 16.1. The molecule has 1 aliphatic heterocycles. The van der Waals surface area contributed by atoms with Crippen LogP contribution in [-0.2, 0) is 0 Å². The minimum absolute atomic E-state index is 0.152. The molecular formula is C12H13ClN2O. The molecule has 0 atom stereocenters. The van der Waals surface area contributed by atoms with Crippen LogP contribution in [0.15, 0.2) is 36.4 Å². The number of hydrogen-bond acceptors (Lipinski definition) is 2.